The molecule has 2 aromatic rings. The van der Waals surface area contributed by atoms with Crippen molar-refractivity contribution in [2.24, 2.45) is 11.1 Å². The average Bonchev–Trinajstić information content (AvgIpc) is 3.36. The van der Waals surface area contributed by atoms with Gasteiger partial charge in [0.25, 0.3) is 0 Å². The van der Waals surface area contributed by atoms with Gasteiger partial charge in [-0.25, -0.2) is 13.2 Å². The maximum atomic E-state index is 14.3. The van der Waals surface area contributed by atoms with Crippen LogP contribution in [0.2, 0.25) is 0 Å². The molecule has 0 atom stereocenters. The summed E-state index contributed by atoms with van der Waals surface area (Å²) in [5, 5.41) is 9.27. The Labute approximate surface area is 140 Å². The largest absolute Gasteiger partial charge is 0.505 e. The molecule has 8 heteroatoms. The number of amides is 2. The molecule has 0 heterocycles. The first-order valence-corrected chi connectivity index (χ1v) is 7.34. The molecule has 1 aliphatic carbocycles. The highest BCUT2D eigenvalue weighted by atomic mass is 19.1. The van der Waals surface area contributed by atoms with E-state index in [-0.39, 0.29) is 18.5 Å². The van der Waals surface area contributed by atoms with Gasteiger partial charge in [-0.05, 0) is 37.1 Å². The van der Waals surface area contributed by atoms with Gasteiger partial charge in [-0.1, -0.05) is 0 Å². The second-order valence-corrected chi connectivity index (χ2v) is 5.82. The summed E-state index contributed by atoms with van der Waals surface area (Å²) in [6.45, 7) is 0. The third-order valence-corrected chi connectivity index (χ3v) is 4.18. The molecule has 1 fully saturated rings. The van der Waals surface area contributed by atoms with Crippen LogP contribution in [0, 0.1) is 22.9 Å². The molecule has 1 saturated carbocycles. The molecule has 0 unspecified atom stereocenters. The Morgan fingerprint density at radius 2 is 1.64 bits per heavy atom. The number of anilines is 2. The third-order valence-electron chi connectivity index (χ3n) is 4.18. The molecule has 1 aliphatic rings. The number of nitrogens with zero attached hydrogens (tertiary/aromatic N) is 1. The van der Waals surface area contributed by atoms with Crippen LogP contribution in [0.5, 0.6) is 5.75 Å². The minimum Gasteiger partial charge on any atom is -0.505 e. The van der Waals surface area contributed by atoms with Crippen molar-refractivity contribution in [3.63, 3.8) is 0 Å². The SMILES string of the molecule is NC(=O)C1(C(=O)N(c2ccc(F)cc2)c2cc(F)c(O)cc2F)CC1. The van der Waals surface area contributed by atoms with Crippen LogP contribution in [0.4, 0.5) is 24.5 Å². The summed E-state index contributed by atoms with van der Waals surface area (Å²) in [4.78, 5) is 25.3. The van der Waals surface area contributed by atoms with Crippen LogP contribution in [-0.4, -0.2) is 16.9 Å². The molecule has 2 aromatic carbocycles. The lowest BCUT2D eigenvalue weighted by Gasteiger charge is -2.27. The fourth-order valence-electron chi connectivity index (χ4n) is 2.56. The molecular weight excluding hydrogens is 337 g/mol. The van der Waals surface area contributed by atoms with E-state index in [9.17, 15) is 27.9 Å². The highest BCUT2D eigenvalue weighted by Gasteiger charge is 2.57. The van der Waals surface area contributed by atoms with E-state index in [1.165, 1.54) is 12.1 Å². The van der Waals surface area contributed by atoms with Gasteiger partial charge >= 0.3 is 0 Å². The van der Waals surface area contributed by atoms with E-state index >= 15 is 0 Å². The number of carbonyl (C=O) groups excluding carboxylic acids is 2. The quantitative estimate of drug-likeness (QED) is 0.832. The number of nitrogens with two attached hydrogens (primary N) is 1. The average molecular weight is 350 g/mol. The van der Waals surface area contributed by atoms with Gasteiger partial charge in [-0.3, -0.25) is 14.5 Å². The Hall–Kier alpha value is -3.03. The first-order valence-electron chi connectivity index (χ1n) is 7.34. The lowest BCUT2D eigenvalue weighted by atomic mass is 10.0. The van der Waals surface area contributed by atoms with Gasteiger partial charge in [0.2, 0.25) is 11.8 Å². The molecule has 2 amide bonds. The number of benzene rings is 2. The van der Waals surface area contributed by atoms with E-state index < -0.39 is 46.1 Å². The van der Waals surface area contributed by atoms with E-state index in [0.29, 0.717) is 12.1 Å². The van der Waals surface area contributed by atoms with E-state index in [2.05, 4.69) is 0 Å². The molecule has 0 aromatic heterocycles. The zero-order valence-corrected chi connectivity index (χ0v) is 12.8. The van der Waals surface area contributed by atoms with Crippen molar-refractivity contribution < 1.29 is 27.9 Å². The van der Waals surface area contributed by atoms with E-state index in [1.807, 2.05) is 0 Å². The molecule has 0 aliphatic heterocycles. The van der Waals surface area contributed by atoms with E-state index in [1.54, 1.807) is 0 Å². The van der Waals surface area contributed by atoms with Crippen LogP contribution in [-0.2, 0) is 9.59 Å². The third kappa shape index (κ3) is 2.79. The Balaban J connectivity index is 2.16. The van der Waals surface area contributed by atoms with Gasteiger partial charge in [0.1, 0.15) is 11.2 Å². The molecule has 0 saturated heterocycles. The Kier molecular flexibility index (Phi) is 3.90. The fourth-order valence-corrected chi connectivity index (χ4v) is 2.56. The van der Waals surface area contributed by atoms with Gasteiger partial charge in [0, 0.05) is 17.8 Å². The smallest absolute Gasteiger partial charge is 0.247 e. The first kappa shape index (κ1) is 16.8. The Bertz CT molecular complexity index is 864. The number of primary amides is 1. The van der Waals surface area contributed by atoms with Gasteiger partial charge in [-0.15, -0.1) is 0 Å². The zero-order valence-electron chi connectivity index (χ0n) is 12.8. The van der Waals surface area contributed by atoms with Crippen LogP contribution < -0.4 is 10.6 Å². The predicted octanol–water partition coefficient (Wildman–Crippen LogP) is 2.74. The summed E-state index contributed by atoms with van der Waals surface area (Å²) >= 11 is 0. The Morgan fingerprint density at radius 3 is 2.16 bits per heavy atom. The molecule has 3 rings (SSSR count). The number of rotatable bonds is 4. The van der Waals surface area contributed by atoms with E-state index in [4.69, 9.17) is 5.73 Å². The second-order valence-electron chi connectivity index (χ2n) is 5.82. The maximum Gasteiger partial charge on any atom is 0.247 e. The fraction of sp³-hybridized carbons (Fsp3) is 0.176. The molecule has 0 bridgehead atoms. The highest BCUT2D eigenvalue weighted by molar-refractivity contribution is 6.16. The number of hydrogen-bond acceptors (Lipinski definition) is 3. The maximum absolute atomic E-state index is 14.3. The van der Waals surface area contributed by atoms with Crippen LogP contribution in [0.1, 0.15) is 12.8 Å². The second kappa shape index (κ2) is 5.80. The number of hydrogen-bond donors (Lipinski definition) is 2. The van der Waals surface area contributed by atoms with Gasteiger partial charge < -0.3 is 10.8 Å². The molecule has 0 spiro atoms. The number of phenolic OH excluding ortho intramolecular Hbond substituents is 1. The van der Waals surface area contributed by atoms with Gasteiger partial charge in [0.15, 0.2) is 17.4 Å². The normalized spacial score (nSPS) is 14.8. The molecule has 3 N–H and O–H groups in total. The molecule has 0 radical (unpaired) electrons. The van der Waals surface area contributed by atoms with Gasteiger partial charge in [-0.2, -0.15) is 0 Å². The Morgan fingerprint density at radius 1 is 1.04 bits per heavy atom. The van der Waals surface area contributed by atoms with Gasteiger partial charge in [0.05, 0.1) is 5.69 Å². The summed E-state index contributed by atoms with van der Waals surface area (Å²) in [6.07, 6.45) is 0.363. The van der Waals surface area contributed by atoms with Crippen LogP contribution in [0.15, 0.2) is 36.4 Å². The first-order chi connectivity index (χ1) is 11.8. The lowest BCUT2D eigenvalue weighted by Crippen LogP contribution is -2.41. The summed E-state index contributed by atoms with van der Waals surface area (Å²) < 4.78 is 41.2. The molecule has 5 nitrogen and oxygen atoms in total. The number of phenols is 1. The molecular formula is C17H13F3N2O3. The lowest BCUT2D eigenvalue weighted by molar-refractivity contribution is -0.133. The monoisotopic (exact) mass is 350 g/mol. The van der Waals surface area contributed by atoms with Crippen molar-refractivity contribution in [3.05, 3.63) is 53.8 Å². The van der Waals surface area contributed by atoms with Crippen molar-refractivity contribution in [1.29, 1.82) is 0 Å². The molecule has 130 valence electrons. The highest BCUT2D eigenvalue weighted by Crippen LogP contribution is 2.49. The number of aromatic hydroxyl groups is 1. The molecule has 25 heavy (non-hydrogen) atoms. The van der Waals surface area contributed by atoms with Crippen molar-refractivity contribution in [2.45, 2.75) is 12.8 Å². The standard InChI is InChI=1S/C17H13F3N2O3/c18-9-1-3-10(4-2-9)22(16(25)17(5-6-17)15(21)24)13-7-12(20)14(23)8-11(13)19/h1-4,7-8,23H,5-6H2,(H2,21,24). The van der Waals surface area contributed by atoms with Crippen molar-refractivity contribution in [1.82, 2.24) is 0 Å². The summed E-state index contributed by atoms with van der Waals surface area (Å²) in [5.41, 5.74) is 3.30. The summed E-state index contributed by atoms with van der Waals surface area (Å²) in [5.74, 6) is -5.47. The van der Waals surface area contributed by atoms with Crippen molar-refractivity contribution in [3.8, 4) is 5.75 Å². The zero-order chi connectivity index (χ0) is 18.4. The minimum atomic E-state index is -1.50. The topological polar surface area (TPSA) is 83.6 Å². The number of halogens is 3. The summed E-state index contributed by atoms with van der Waals surface area (Å²) in [6, 6.07) is 5.59. The van der Waals surface area contributed by atoms with Crippen LogP contribution in [0.25, 0.3) is 0 Å². The minimum absolute atomic E-state index is 0.0305. The van der Waals surface area contributed by atoms with E-state index in [0.717, 1.165) is 17.0 Å². The van der Waals surface area contributed by atoms with Crippen molar-refractivity contribution >= 4 is 23.2 Å². The van der Waals surface area contributed by atoms with Crippen molar-refractivity contribution in [2.75, 3.05) is 4.90 Å². The van der Waals surface area contributed by atoms with Crippen LogP contribution in [0.3, 0.4) is 0 Å². The summed E-state index contributed by atoms with van der Waals surface area (Å²) in [7, 11) is 0. The predicted molar refractivity (Wildman–Crippen MR) is 82.4 cm³/mol. The van der Waals surface area contributed by atoms with Crippen LogP contribution >= 0.6 is 0 Å². The number of carbonyl (C=O) groups is 2.